The second-order valence-corrected chi connectivity index (χ2v) is 6.06. The number of pyridine rings is 1. The first-order chi connectivity index (χ1) is 11.2. The van der Waals surface area contributed by atoms with E-state index in [0.29, 0.717) is 11.2 Å². The van der Waals surface area contributed by atoms with Crippen molar-refractivity contribution in [1.29, 1.82) is 0 Å². The molecule has 2 aromatic heterocycles. The van der Waals surface area contributed by atoms with Crippen molar-refractivity contribution in [3.63, 3.8) is 0 Å². The van der Waals surface area contributed by atoms with Gasteiger partial charge in [-0.25, -0.2) is 13.3 Å². The van der Waals surface area contributed by atoms with Gasteiger partial charge in [-0.15, -0.1) is 0 Å². The maximum absolute atomic E-state index is 13.2. The van der Waals surface area contributed by atoms with Gasteiger partial charge >= 0.3 is 0 Å². The number of halogens is 1. The molecule has 0 unspecified atom stereocenters. The Kier molecular flexibility index (Phi) is 3.28. The van der Waals surface area contributed by atoms with Crippen LogP contribution in [0.1, 0.15) is 0 Å². The first-order valence-corrected chi connectivity index (χ1v) is 7.84. The molecule has 0 N–H and O–H groups in total. The Morgan fingerprint density at radius 3 is 2.52 bits per heavy atom. The van der Waals surface area contributed by atoms with E-state index >= 15 is 0 Å². The fourth-order valence-electron chi connectivity index (χ4n) is 2.53. The summed E-state index contributed by atoms with van der Waals surface area (Å²) in [6, 6.07) is 17.3. The molecular weight excluding hydrogens is 311 g/mol. The van der Waals surface area contributed by atoms with Crippen molar-refractivity contribution in [2.45, 2.75) is 0 Å². The highest BCUT2D eigenvalue weighted by molar-refractivity contribution is 7.14. The van der Waals surface area contributed by atoms with E-state index in [4.69, 9.17) is 0 Å². The van der Waals surface area contributed by atoms with E-state index in [-0.39, 0.29) is 11.4 Å². The zero-order valence-corrected chi connectivity index (χ0v) is 12.8. The summed E-state index contributed by atoms with van der Waals surface area (Å²) in [4.78, 5) is 17.0. The Morgan fingerprint density at radius 1 is 0.957 bits per heavy atom. The van der Waals surface area contributed by atoms with Crippen LogP contribution in [0.25, 0.3) is 27.0 Å². The number of rotatable bonds is 2. The average molecular weight is 322 g/mol. The standard InChI is InChI=1S/C18H11FN2OS/c19-13-9-7-12(8-10-13)14-5-3-11-20-17(14)21-18(22)15-4-1-2-6-16(15)23-21/h1-11H. The molecule has 0 aliphatic rings. The van der Waals surface area contributed by atoms with Gasteiger partial charge in [0.05, 0.1) is 10.1 Å². The Morgan fingerprint density at radius 2 is 1.74 bits per heavy atom. The van der Waals surface area contributed by atoms with E-state index < -0.39 is 0 Å². The van der Waals surface area contributed by atoms with Crippen molar-refractivity contribution in [1.82, 2.24) is 8.94 Å². The average Bonchev–Trinajstić information content (AvgIpc) is 2.93. The van der Waals surface area contributed by atoms with Gasteiger partial charge in [0.2, 0.25) is 0 Å². The van der Waals surface area contributed by atoms with Crippen LogP contribution in [0.3, 0.4) is 0 Å². The van der Waals surface area contributed by atoms with Crippen LogP contribution < -0.4 is 5.56 Å². The number of hydrogen-bond donors (Lipinski definition) is 0. The smallest absolute Gasteiger partial charge is 0.267 e. The van der Waals surface area contributed by atoms with Crippen molar-refractivity contribution in [2.24, 2.45) is 0 Å². The van der Waals surface area contributed by atoms with Gasteiger partial charge in [-0.1, -0.05) is 24.3 Å². The molecule has 2 aromatic carbocycles. The Bertz CT molecular complexity index is 1050. The highest BCUT2D eigenvalue weighted by Crippen LogP contribution is 2.27. The summed E-state index contributed by atoms with van der Waals surface area (Å²) in [5.41, 5.74) is 1.52. The summed E-state index contributed by atoms with van der Waals surface area (Å²) in [6.45, 7) is 0. The monoisotopic (exact) mass is 322 g/mol. The maximum Gasteiger partial charge on any atom is 0.274 e. The van der Waals surface area contributed by atoms with Crippen LogP contribution in [0, 0.1) is 5.82 Å². The highest BCUT2D eigenvalue weighted by Gasteiger charge is 2.14. The maximum atomic E-state index is 13.2. The fourth-order valence-corrected chi connectivity index (χ4v) is 3.53. The van der Waals surface area contributed by atoms with E-state index in [2.05, 4.69) is 4.98 Å². The fraction of sp³-hybridized carbons (Fsp3) is 0. The van der Waals surface area contributed by atoms with Gasteiger partial charge < -0.3 is 0 Å². The minimum Gasteiger partial charge on any atom is -0.267 e. The molecule has 0 amide bonds. The molecule has 0 aliphatic heterocycles. The second kappa shape index (κ2) is 5.44. The Balaban J connectivity index is 1.97. The molecule has 0 atom stereocenters. The van der Waals surface area contributed by atoms with Crippen LogP contribution in [0.5, 0.6) is 0 Å². The topological polar surface area (TPSA) is 34.9 Å². The molecule has 4 aromatic rings. The molecule has 0 spiro atoms. The largest absolute Gasteiger partial charge is 0.274 e. The summed E-state index contributed by atoms with van der Waals surface area (Å²) < 4.78 is 15.7. The van der Waals surface area contributed by atoms with E-state index in [0.717, 1.165) is 15.8 Å². The number of hydrogen-bond acceptors (Lipinski definition) is 3. The van der Waals surface area contributed by atoms with Crippen LogP contribution in [0.4, 0.5) is 4.39 Å². The van der Waals surface area contributed by atoms with Crippen LogP contribution in [-0.4, -0.2) is 8.94 Å². The van der Waals surface area contributed by atoms with Crippen LogP contribution in [-0.2, 0) is 0 Å². The van der Waals surface area contributed by atoms with Gasteiger partial charge in [-0.2, -0.15) is 0 Å². The lowest BCUT2D eigenvalue weighted by atomic mass is 10.1. The van der Waals surface area contributed by atoms with E-state index in [1.807, 2.05) is 30.3 Å². The molecule has 4 rings (SSSR count). The molecule has 2 heterocycles. The van der Waals surface area contributed by atoms with Gasteiger partial charge in [0.15, 0.2) is 5.82 Å². The highest BCUT2D eigenvalue weighted by atomic mass is 32.1. The van der Waals surface area contributed by atoms with Gasteiger partial charge in [0.1, 0.15) is 5.82 Å². The van der Waals surface area contributed by atoms with Crippen LogP contribution >= 0.6 is 11.5 Å². The first-order valence-electron chi connectivity index (χ1n) is 7.06. The third-order valence-electron chi connectivity index (χ3n) is 3.63. The molecule has 112 valence electrons. The van der Waals surface area contributed by atoms with Crippen molar-refractivity contribution >= 4 is 21.6 Å². The lowest BCUT2D eigenvalue weighted by Gasteiger charge is -2.08. The molecule has 3 nitrogen and oxygen atoms in total. The summed E-state index contributed by atoms with van der Waals surface area (Å²) in [6.07, 6.45) is 1.65. The van der Waals surface area contributed by atoms with Crippen molar-refractivity contribution in [3.8, 4) is 16.9 Å². The third kappa shape index (κ3) is 2.35. The van der Waals surface area contributed by atoms with Crippen LogP contribution in [0.2, 0.25) is 0 Å². The van der Waals surface area contributed by atoms with Crippen molar-refractivity contribution < 1.29 is 4.39 Å². The zero-order valence-electron chi connectivity index (χ0n) is 11.9. The normalized spacial score (nSPS) is 11.0. The summed E-state index contributed by atoms with van der Waals surface area (Å²) in [7, 11) is 0. The number of aromatic nitrogens is 2. The summed E-state index contributed by atoms with van der Waals surface area (Å²) >= 11 is 1.36. The number of benzene rings is 2. The number of nitrogens with zero attached hydrogens (tertiary/aromatic N) is 2. The molecule has 0 radical (unpaired) electrons. The Hall–Kier alpha value is -2.79. The molecule has 0 saturated heterocycles. The quantitative estimate of drug-likeness (QED) is 0.553. The minimum absolute atomic E-state index is 0.0901. The van der Waals surface area contributed by atoms with Gasteiger partial charge in [0.25, 0.3) is 5.56 Å². The number of fused-ring (bicyclic) bond motifs is 1. The molecule has 0 saturated carbocycles. The van der Waals surface area contributed by atoms with E-state index in [1.54, 1.807) is 28.4 Å². The Labute approximate surface area is 135 Å². The van der Waals surface area contributed by atoms with Crippen LogP contribution in [0.15, 0.2) is 71.7 Å². The van der Waals surface area contributed by atoms with Crippen molar-refractivity contribution in [2.75, 3.05) is 0 Å². The second-order valence-electron chi connectivity index (χ2n) is 5.07. The minimum atomic E-state index is -0.293. The summed E-state index contributed by atoms with van der Waals surface area (Å²) in [5.74, 6) is 0.267. The predicted octanol–water partition coefficient (Wildman–Crippen LogP) is 4.25. The van der Waals surface area contributed by atoms with E-state index in [9.17, 15) is 9.18 Å². The molecule has 0 aliphatic carbocycles. The summed E-state index contributed by atoms with van der Waals surface area (Å²) in [5, 5.41) is 0.674. The van der Waals surface area contributed by atoms with Gasteiger partial charge in [0, 0.05) is 11.8 Å². The lowest BCUT2D eigenvalue weighted by Crippen LogP contribution is -2.13. The predicted molar refractivity (Wildman–Crippen MR) is 90.6 cm³/mol. The third-order valence-corrected chi connectivity index (χ3v) is 4.70. The first kappa shape index (κ1) is 13.8. The molecule has 5 heteroatoms. The van der Waals surface area contributed by atoms with Gasteiger partial charge in [-0.05, 0) is 53.5 Å². The molecule has 0 fully saturated rings. The molecular formula is C18H11FN2OS. The SMILES string of the molecule is O=c1c2ccccc2sn1-c1ncccc1-c1ccc(F)cc1. The van der Waals surface area contributed by atoms with E-state index in [1.165, 1.54) is 23.7 Å². The van der Waals surface area contributed by atoms with Gasteiger partial charge in [-0.3, -0.25) is 4.79 Å². The molecule has 0 bridgehead atoms. The lowest BCUT2D eigenvalue weighted by molar-refractivity contribution is 0.628. The van der Waals surface area contributed by atoms with Crippen molar-refractivity contribution in [3.05, 3.63) is 83.0 Å². The zero-order chi connectivity index (χ0) is 15.8. The molecule has 23 heavy (non-hydrogen) atoms.